The molecule has 0 aromatic heterocycles. The largest absolute Gasteiger partial charge is 0.378 e. The summed E-state index contributed by atoms with van der Waals surface area (Å²) in [5.74, 6) is -1.31. The van der Waals surface area contributed by atoms with Crippen LogP contribution in [0.25, 0.3) is 0 Å². The molecule has 0 saturated carbocycles. The van der Waals surface area contributed by atoms with Crippen LogP contribution in [0.5, 0.6) is 0 Å². The van der Waals surface area contributed by atoms with E-state index in [0.717, 1.165) is 48.7 Å². The molecule has 4 aliphatic heterocycles. The fourth-order valence-corrected chi connectivity index (χ4v) is 11.0. The van der Waals surface area contributed by atoms with Crippen LogP contribution in [0.3, 0.4) is 0 Å². The van der Waals surface area contributed by atoms with Gasteiger partial charge in [-0.1, -0.05) is 35.4 Å². The SMILES string of the molecule is Cc1ccc(S(=O)(=O)N[C@@H](CCC(=O)N2CCOCC2)C(=O)Nc2ccc(N3CCOCC3)cc2)cc1.Cc1ccc(S(=O)(=O)N[C@@H](CCC(=O)N2CCOCC2)C(=O)Nc2ccc(N3CCOCC3)cc2)cc1. The Bertz CT molecular complexity index is 2500. The molecule has 0 spiro atoms. The molecular formula is C52H68N8O12S2. The number of ether oxygens (including phenoxy) is 4. The molecule has 0 bridgehead atoms. The van der Waals surface area contributed by atoms with Gasteiger partial charge in [0.15, 0.2) is 0 Å². The van der Waals surface area contributed by atoms with Gasteiger partial charge in [-0.25, -0.2) is 16.8 Å². The van der Waals surface area contributed by atoms with Gasteiger partial charge in [0.1, 0.15) is 12.1 Å². The van der Waals surface area contributed by atoms with Crippen molar-refractivity contribution in [2.24, 2.45) is 0 Å². The van der Waals surface area contributed by atoms with Crippen LogP contribution in [0.2, 0.25) is 0 Å². The minimum atomic E-state index is -3.98. The Hall–Kier alpha value is -5.98. The summed E-state index contributed by atoms with van der Waals surface area (Å²) in [4.78, 5) is 59.7. The van der Waals surface area contributed by atoms with Gasteiger partial charge in [0.25, 0.3) is 0 Å². The van der Waals surface area contributed by atoms with Gasteiger partial charge in [0.2, 0.25) is 43.7 Å². The fraction of sp³-hybridized carbons (Fsp3) is 0.462. The second-order valence-corrected chi connectivity index (χ2v) is 21.7. The number of carbonyl (C=O) groups excluding carboxylic acids is 4. The number of nitrogens with zero attached hydrogens (tertiary/aromatic N) is 4. The summed E-state index contributed by atoms with van der Waals surface area (Å²) < 4.78 is 78.6. The molecular weight excluding hydrogens is 993 g/mol. The summed E-state index contributed by atoms with van der Waals surface area (Å²) in [5, 5.41) is 5.61. The van der Waals surface area contributed by atoms with Crippen molar-refractivity contribution < 1.29 is 55.0 Å². The van der Waals surface area contributed by atoms with Crippen LogP contribution < -0.4 is 29.9 Å². The minimum absolute atomic E-state index is 0.0268. The lowest BCUT2D eigenvalue weighted by molar-refractivity contribution is -0.136. The minimum Gasteiger partial charge on any atom is -0.378 e. The van der Waals surface area contributed by atoms with Gasteiger partial charge in [-0.15, -0.1) is 0 Å². The summed E-state index contributed by atoms with van der Waals surface area (Å²) in [7, 11) is -7.96. The molecule has 20 nitrogen and oxygen atoms in total. The van der Waals surface area contributed by atoms with E-state index in [2.05, 4.69) is 29.9 Å². The van der Waals surface area contributed by atoms with Gasteiger partial charge >= 0.3 is 0 Å². The van der Waals surface area contributed by atoms with E-state index >= 15 is 0 Å². The second-order valence-electron chi connectivity index (χ2n) is 18.3. The Morgan fingerprint density at radius 2 is 0.743 bits per heavy atom. The first-order valence-corrected chi connectivity index (χ1v) is 28.0. The number of rotatable bonds is 18. The lowest BCUT2D eigenvalue weighted by Gasteiger charge is -2.29. The third kappa shape index (κ3) is 16.5. The van der Waals surface area contributed by atoms with Gasteiger partial charge in [0, 0.05) is 87.9 Å². The first-order valence-electron chi connectivity index (χ1n) is 25.0. The van der Waals surface area contributed by atoms with Crippen LogP contribution in [0.1, 0.15) is 36.8 Å². The molecule has 4 aromatic carbocycles. The van der Waals surface area contributed by atoms with E-state index in [1.54, 1.807) is 58.3 Å². The van der Waals surface area contributed by atoms with E-state index in [4.69, 9.17) is 18.9 Å². The number of nitrogens with one attached hydrogen (secondary N) is 4. The molecule has 4 amide bonds. The smallest absolute Gasteiger partial charge is 0.242 e. The zero-order valence-corrected chi connectivity index (χ0v) is 43.7. The molecule has 0 aliphatic carbocycles. The number of aryl methyl sites for hydroxylation is 2. The Morgan fingerprint density at radius 3 is 1.05 bits per heavy atom. The molecule has 8 rings (SSSR count). The molecule has 0 radical (unpaired) electrons. The van der Waals surface area contributed by atoms with E-state index < -0.39 is 43.9 Å². The van der Waals surface area contributed by atoms with Crippen molar-refractivity contribution in [2.75, 3.05) is 126 Å². The summed E-state index contributed by atoms with van der Waals surface area (Å²) in [6.07, 6.45) is 0.118. The Kier molecular flexibility index (Phi) is 20.3. The molecule has 0 unspecified atom stereocenters. The number of sulfonamides is 2. The van der Waals surface area contributed by atoms with Gasteiger partial charge < -0.3 is 49.2 Å². The second kappa shape index (κ2) is 27.0. The predicted octanol–water partition coefficient (Wildman–Crippen LogP) is 3.51. The van der Waals surface area contributed by atoms with Crippen LogP contribution in [0.4, 0.5) is 22.7 Å². The van der Waals surface area contributed by atoms with E-state index in [9.17, 15) is 36.0 Å². The normalized spacial score (nSPS) is 17.3. The van der Waals surface area contributed by atoms with Gasteiger partial charge in [-0.2, -0.15) is 9.44 Å². The van der Waals surface area contributed by atoms with E-state index in [0.29, 0.717) is 90.4 Å². The number of anilines is 4. The summed E-state index contributed by atoms with van der Waals surface area (Å²) in [5.41, 5.74) is 4.97. The monoisotopic (exact) mass is 1060 g/mol. The molecule has 74 heavy (non-hydrogen) atoms. The Morgan fingerprint density at radius 1 is 0.446 bits per heavy atom. The van der Waals surface area contributed by atoms with E-state index in [1.165, 1.54) is 24.3 Å². The maximum atomic E-state index is 13.2. The molecule has 4 heterocycles. The van der Waals surface area contributed by atoms with Crippen LogP contribution in [-0.2, 0) is 58.2 Å². The number of morpholine rings is 4. The maximum Gasteiger partial charge on any atom is 0.242 e. The van der Waals surface area contributed by atoms with Crippen molar-refractivity contribution in [1.29, 1.82) is 0 Å². The molecule has 4 aromatic rings. The highest BCUT2D eigenvalue weighted by molar-refractivity contribution is 7.89. The quantitative estimate of drug-likeness (QED) is 0.112. The first kappa shape index (κ1) is 55.8. The lowest BCUT2D eigenvalue weighted by Crippen LogP contribution is -2.45. The molecule has 400 valence electrons. The van der Waals surface area contributed by atoms with E-state index in [-0.39, 0.29) is 47.3 Å². The van der Waals surface area contributed by atoms with Crippen molar-refractivity contribution in [1.82, 2.24) is 19.2 Å². The fourth-order valence-electron chi connectivity index (χ4n) is 8.52. The van der Waals surface area contributed by atoms with Gasteiger partial charge in [0.05, 0.1) is 62.6 Å². The predicted molar refractivity (Wildman–Crippen MR) is 280 cm³/mol. The maximum absolute atomic E-state index is 13.2. The van der Waals surface area contributed by atoms with Gasteiger partial charge in [-0.3, -0.25) is 19.2 Å². The topological polar surface area (TPSA) is 235 Å². The third-order valence-electron chi connectivity index (χ3n) is 12.9. The van der Waals surface area contributed by atoms with Gasteiger partial charge in [-0.05, 0) is 99.5 Å². The van der Waals surface area contributed by atoms with Crippen LogP contribution in [0, 0.1) is 13.8 Å². The highest BCUT2D eigenvalue weighted by atomic mass is 32.2. The Labute approximate surface area is 434 Å². The number of hydrogen-bond donors (Lipinski definition) is 4. The number of hydrogen-bond acceptors (Lipinski definition) is 14. The van der Waals surface area contributed by atoms with Crippen LogP contribution in [-0.4, -0.2) is 168 Å². The summed E-state index contributed by atoms with van der Waals surface area (Å²) in [6, 6.07) is 25.3. The number of amides is 4. The number of benzene rings is 4. The average molecular weight is 1060 g/mol. The highest BCUT2D eigenvalue weighted by Crippen LogP contribution is 2.23. The van der Waals surface area contributed by atoms with Crippen molar-refractivity contribution in [3.05, 3.63) is 108 Å². The standard InChI is InChI=1S/2C26H34N4O6S/c2*1-20-2-8-23(9-3-20)37(33,34)28-24(10-11-25(31)30-14-18-36-19-15-30)26(32)27-21-4-6-22(7-5-21)29-12-16-35-17-13-29/h2*2-9,24,28H,10-19H2,1H3,(H,27,32)/t2*24-/m00/s1. The number of carbonyl (C=O) groups is 4. The molecule has 4 saturated heterocycles. The van der Waals surface area contributed by atoms with Crippen molar-refractivity contribution >= 4 is 66.4 Å². The van der Waals surface area contributed by atoms with Crippen molar-refractivity contribution in [3.63, 3.8) is 0 Å². The molecule has 4 aliphatic rings. The zero-order chi connectivity index (χ0) is 52.5. The Balaban J connectivity index is 0.000000216. The summed E-state index contributed by atoms with van der Waals surface area (Å²) in [6.45, 7) is 13.4. The van der Waals surface area contributed by atoms with Crippen molar-refractivity contribution in [2.45, 2.75) is 61.4 Å². The van der Waals surface area contributed by atoms with Crippen molar-refractivity contribution in [3.8, 4) is 0 Å². The lowest BCUT2D eigenvalue weighted by atomic mass is 10.1. The van der Waals surface area contributed by atoms with Crippen LogP contribution >= 0.6 is 0 Å². The molecule has 4 fully saturated rings. The van der Waals surface area contributed by atoms with E-state index in [1.807, 2.05) is 38.1 Å². The first-order chi connectivity index (χ1) is 35.6. The average Bonchev–Trinajstić information content (AvgIpc) is 3.42. The molecule has 4 N–H and O–H groups in total. The highest BCUT2D eigenvalue weighted by Gasteiger charge is 2.30. The third-order valence-corrected chi connectivity index (χ3v) is 15.9. The summed E-state index contributed by atoms with van der Waals surface area (Å²) >= 11 is 0. The molecule has 22 heteroatoms. The zero-order valence-electron chi connectivity index (χ0n) is 42.0. The van der Waals surface area contributed by atoms with Crippen LogP contribution in [0.15, 0.2) is 107 Å². The molecule has 2 atom stereocenters.